The number of hydrogen-bond acceptors (Lipinski definition) is 6. The summed E-state index contributed by atoms with van der Waals surface area (Å²) < 4.78 is 17.3. The Kier molecular flexibility index (Phi) is 4.48. The van der Waals surface area contributed by atoms with E-state index in [2.05, 4.69) is 36.2 Å². The molecule has 27 heavy (non-hydrogen) atoms. The molecule has 2 heterocycles. The van der Waals surface area contributed by atoms with E-state index in [-0.39, 0.29) is 11.7 Å². The first-order chi connectivity index (χ1) is 13.2. The Balaban J connectivity index is 1.51. The summed E-state index contributed by atoms with van der Waals surface area (Å²) in [5, 5.41) is 20.5. The van der Waals surface area contributed by atoms with Gasteiger partial charge in [-0.2, -0.15) is 5.10 Å². The molecule has 1 fully saturated rings. The number of amides is 2. The Morgan fingerprint density at radius 2 is 2.26 bits per heavy atom. The third-order valence-corrected chi connectivity index (χ3v) is 4.41. The van der Waals surface area contributed by atoms with Gasteiger partial charge in [0.1, 0.15) is 24.3 Å². The van der Waals surface area contributed by atoms with Crippen LogP contribution in [0.1, 0.15) is 31.6 Å². The number of carbonyl (C=O) groups excluding carboxylic acids is 1. The van der Waals surface area contributed by atoms with Gasteiger partial charge in [-0.25, -0.2) is 23.5 Å². The average Bonchev–Trinajstić information content (AvgIpc) is 3.17. The van der Waals surface area contributed by atoms with E-state index < -0.39 is 11.8 Å². The van der Waals surface area contributed by atoms with Crippen molar-refractivity contribution in [1.82, 2.24) is 40.3 Å². The predicted octanol–water partition coefficient (Wildman–Crippen LogP) is 1.69. The molecule has 1 saturated carbocycles. The van der Waals surface area contributed by atoms with Gasteiger partial charge in [0.2, 0.25) is 0 Å². The lowest BCUT2D eigenvalue weighted by Crippen LogP contribution is -2.35. The van der Waals surface area contributed by atoms with Crippen molar-refractivity contribution in [3.05, 3.63) is 42.5 Å². The van der Waals surface area contributed by atoms with Crippen LogP contribution >= 0.6 is 0 Å². The van der Waals surface area contributed by atoms with Crippen LogP contribution < -0.4 is 10.6 Å². The van der Waals surface area contributed by atoms with Crippen molar-refractivity contribution in [2.75, 3.05) is 5.32 Å². The molecule has 1 aliphatic rings. The minimum Gasteiger partial charge on any atom is -0.328 e. The van der Waals surface area contributed by atoms with Crippen molar-refractivity contribution >= 4 is 11.7 Å². The SMILES string of the molecule is CCn1ncnc1[C@@H](NC(=O)Nc1cc(-n2cnnn2)ccc1F)C1CC1. The number of nitrogens with zero attached hydrogens (tertiary/aromatic N) is 7. The van der Waals surface area contributed by atoms with Gasteiger partial charge in [-0.15, -0.1) is 5.10 Å². The highest BCUT2D eigenvalue weighted by Crippen LogP contribution is 2.40. The van der Waals surface area contributed by atoms with Gasteiger partial charge in [0.05, 0.1) is 17.4 Å². The van der Waals surface area contributed by atoms with Crippen LogP contribution in [0, 0.1) is 11.7 Å². The van der Waals surface area contributed by atoms with Crippen molar-refractivity contribution < 1.29 is 9.18 Å². The molecular weight excluding hydrogens is 353 g/mol. The van der Waals surface area contributed by atoms with Crippen molar-refractivity contribution in [3.8, 4) is 5.69 Å². The van der Waals surface area contributed by atoms with Gasteiger partial charge >= 0.3 is 6.03 Å². The van der Waals surface area contributed by atoms with Crippen molar-refractivity contribution in [2.24, 2.45) is 5.92 Å². The van der Waals surface area contributed by atoms with Gasteiger partial charge in [0.25, 0.3) is 0 Å². The fourth-order valence-corrected chi connectivity index (χ4v) is 2.91. The van der Waals surface area contributed by atoms with E-state index in [9.17, 15) is 9.18 Å². The molecule has 1 aromatic carbocycles. The highest BCUT2D eigenvalue weighted by atomic mass is 19.1. The van der Waals surface area contributed by atoms with E-state index in [1.165, 1.54) is 35.5 Å². The zero-order valence-corrected chi connectivity index (χ0v) is 14.6. The number of aromatic nitrogens is 7. The molecule has 3 aromatic rings. The number of rotatable bonds is 6. The number of aryl methyl sites for hydroxylation is 1. The highest BCUT2D eigenvalue weighted by Gasteiger charge is 2.36. The Labute approximate surface area is 153 Å². The van der Waals surface area contributed by atoms with Crippen molar-refractivity contribution in [1.29, 1.82) is 0 Å². The molecule has 0 radical (unpaired) electrons. The number of urea groups is 1. The molecule has 1 atom stereocenters. The number of nitrogens with one attached hydrogen (secondary N) is 2. The summed E-state index contributed by atoms with van der Waals surface area (Å²) in [5.74, 6) is 0.461. The maximum atomic E-state index is 14.1. The fourth-order valence-electron chi connectivity index (χ4n) is 2.91. The molecule has 0 spiro atoms. The standard InChI is InChI=1S/C16H18FN9O/c1-2-25-15(18-8-20-25)14(10-3-4-10)22-16(27)21-13-7-11(5-6-12(13)17)26-9-19-23-24-26/h5-10,14H,2-4H2,1H3,(H2,21,22,27)/t14-/m0/s1. The Morgan fingerprint density at radius 1 is 1.41 bits per heavy atom. The zero-order valence-electron chi connectivity index (χ0n) is 14.6. The van der Waals surface area contributed by atoms with Gasteiger partial charge in [0, 0.05) is 6.54 Å². The first-order valence-electron chi connectivity index (χ1n) is 8.64. The van der Waals surface area contributed by atoms with Crippen LogP contribution in [0.4, 0.5) is 14.9 Å². The van der Waals surface area contributed by atoms with Gasteiger partial charge in [-0.3, -0.25) is 0 Å². The number of hydrogen-bond donors (Lipinski definition) is 2. The molecule has 10 nitrogen and oxygen atoms in total. The number of halogens is 1. The Bertz CT molecular complexity index is 935. The topological polar surface area (TPSA) is 115 Å². The lowest BCUT2D eigenvalue weighted by atomic mass is 10.1. The Hall–Kier alpha value is -3.37. The number of carbonyl (C=O) groups is 1. The zero-order chi connectivity index (χ0) is 18.8. The molecular formula is C16H18FN9O. The summed E-state index contributed by atoms with van der Waals surface area (Å²) in [7, 11) is 0. The summed E-state index contributed by atoms with van der Waals surface area (Å²) in [6.45, 7) is 2.62. The van der Waals surface area contributed by atoms with E-state index in [0.717, 1.165) is 12.8 Å². The molecule has 0 saturated heterocycles. The van der Waals surface area contributed by atoms with Crippen LogP contribution in [-0.2, 0) is 6.54 Å². The second-order valence-corrected chi connectivity index (χ2v) is 6.27. The number of anilines is 1. The van der Waals surface area contributed by atoms with Gasteiger partial charge < -0.3 is 10.6 Å². The van der Waals surface area contributed by atoms with Crippen LogP contribution in [0.5, 0.6) is 0 Å². The molecule has 140 valence electrons. The predicted molar refractivity (Wildman–Crippen MR) is 92.4 cm³/mol. The van der Waals surface area contributed by atoms with Crippen LogP contribution in [-0.4, -0.2) is 41.0 Å². The summed E-state index contributed by atoms with van der Waals surface area (Å²) in [4.78, 5) is 16.8. The molecule has 11 heteroatoms. The Morgan fingerprint density at radius 3 is 2.96 bits per heavy atom. The normalized spacial score (nSPS) is 14.7. The first kappa shape index (κ1) is 17.1. The quantitative estimate of drug-likeness (QED) is 0.681. The molecule has 2 N–H and O–H groups in total. The molecule has 4 rings (SSSR count). The van der Waals surface area contributed by atoms with Crippen LogP contribution in [0.3, 0.4) is 0 Å². The summed E-state index contributed by atoms with van der Waals surface area (Å²) in [6, 6.07) is 3.46. The average molecular weight is 371 g/mol. The minimum atomic E-state index is -0.554. The lowest BCUT2D eigenvalue weighted by molar-refractivity contribution is 0.245. The second-order valence-electron chi connectivity index (χ2n) is 6.27. The molecule has 2 aromatic heterocycles. The smallest absolute Gasteiger partial charge is 0.319 e. The van der Waals surface area contributed by atoms with E-state index in [1.807, 2.05) is 6.92 Å². The molecule has 2 amide bonds. The van der Waals surface area contributed by atoms with E-state index >= 15 is 0 Å². The maximum Gasteiger partial charge on any atom is 0.319 e. The monoisotopic (exact) mass is 371 g/mol. The van der Waals surface area contributed by atoms with Crippen LogP contribution in [0.15, 0.2) is 30.9 Å². The van der Waals surface area contributed by atoms with Crippen LogP contribution in [0.2, 0.25) is 0 Å². The van der Waals surface area contributed by atoms with E-state index in [1.54, 1.807) is 4.68 Å². The second kappa shape index (κ2) is 7.09. The van der Waals surface area contributed by atoms with Crippen molar-refractivity contribution in [2.45, 2.75) is 32.4 Å². The van der Waals surface area contributed by atoms with Crippen molar-refractivity contribution in [3.63, 3.8) is 0 Å². The minimum absolute atomic E-state index is 0.0343. The number of tetrazole rings is 1. The third-order valence-electron chi connectivity index (χ3n) is 4.41. The van der Waals surface area contributed by atoms with Crippen LogP contribution in [0.25, 0.3) is 5.69 Å². The van der Waals surface area contributed by atoms with E-state index in [4.69, 9.17) is 0 Å². The van der Waals surface area contributed by atoms with Gasteiger partial charge in [-0.1, -0.05) is 0 Å². The number of benzene rings is 1. The van der Waals surface area contributed by atoms with Gasteiger partial charge in [0.15, 0.2) is 0 Å². The van der Waals surface area contributed by atoms with Gasteiger partial charge in [-0.05, 0) is 54.3 Å². The largest absolute Gasteiger partial charge is 0.328 e. The maximum absolute atomic E-state index is 14.1. The molecule has 0 aliphatic heterocycles. The fraction of sp³-hybridized carbons (Fsp3) is 0.375. The molecule has 0 bridgehead atoms. The summed E-state index contributed by atoms with van der Waals surface area (Å²) in [6.07, 6.45) is 4.87. The summed E-state index contributed by atoms with van der Waals surface area (Å²) in [5.41, 5.74) is 0.563. The third kappa shape index (κ3) is 3.61. The first-order valence-corrected chi connectivity index (χ1v) is 8.64. The lowest BCUT2D eigenvalue weighted by Gasteiger charge is -2.19. The highest BCUT2D eigenvalue weighted by molar-refractivity contribution is 5.90. The van der Waals surface area contributed by atoms with E-state index in [0.29, 0.717) is 24.0 Å². The molecule has 0 unspecified atom stereocenters. The molecule has 1 aliphatic carbocycles. The summed E-state index contributed by atoms with van der Waals surface area (Å²) >= 11 is 0.